The molecular formula is C12H12N2O4. The topological polar surface area (TPSA) is 93.2 Å². The van der Waals surface area contributed by atoms with Crippen molar-refractivity contribution < 1.29 is 14.5 Å². The summed E-state index contributed by atoms with van der Waals surface area (Å²) in [7, 11) is 0. The molecule has 1 aromatic carbocycles. The molecule has 18 heavy (non-hydrogen) atoms. The van der Waals surface area contributed by atoms with Gasteiger partial charge in [0.2, 0.25) is 0 Å². The number of nitro benzene ring substituents is 1. The number of hydrogen-bond donors (Lipinski definition) is 0. The molecule has 0 spiro atoms. The van der Waals surface area contributed by atoms with Gasteiger partial charge in [0.1, 0.15) is 0 Å². The van der Waals surface area contributed by atoms with Crippen molar-refractivity contribution in [1.29, 1.82) is 5.26 Å². The molecule has 0 bridgehead atoms. The maximum Gasteiger partial charge on any atom is 0.331 e. The van der Waals surface area contributed by atoms with Crippen LogP contribution in [0.1, 0.15) is 19.4 Å². The molecule has 1 atom stereocenters. The standard InChI is InChI=1S/C12H12N2O4/c1-3-18-11(15)12(2,8-13)9-6-4-5-7-10(9)14(16)17/h4-7H,3H2,1-2H3/t12-/m1/s1. The van der Waals surface area contributed by atoms with Crippen LogP contribution < -0.4 is 0 Å². The minimum atomic E-state index is -1.68. The highest BCUT2D eigenvalue weighted by Crippen LogP contribution is 2.32. The lowest BCUT2D eigenvalue weighted by atomic mass is 9.83. The summed E-state index contributed by atoms with van der Waals surface area (Å²) in [6, 6.07) is 7.45. The summed E-state index contributed by atoms with van der Waals surface area (Å²) in [6.45, 7) is 3.03. The summed E-state index contributed by atoms with van der Waals surface area (Å²) >= 11 is 0. The van der Waals surface area contributed by atoms with Crippen molar-refractivity contribution in [3.63, 3.8) is 0 Å². The average Bonchev–Trinajstić information content (AvgIpc) is 2.38. The minimum Gasteiger partial charge on any atom is -0.465 e. The maximum atomic E-state index is 11.8. The van der Waals surface area contributed by atoms with Crippen LogP contribution in [0.25, 0.3) is 0 Å². The number of hydrogen-bond acceptors (Lipinski definition) is 5. The zero-order valence-corrected chi connectivity index (χ0v) is 10.0. The molecule has 0 fully saturated rings. The average molecular weight is 248 g/mol. The third-order valence-electron chi connectivity index (χ3n) is 2.55. The van der Waals surface area contributed by atoms with E-state index in [1.165, 1.54) is 31.2 Å². The predicted octanol–water partition coefficient (Wildman–Crippen LogP) is 1.94. The number of ether oxygens (including phenoxy) is 1. The predicted molar refractivity (Wildman–Crippen MR) is 62.7 cm³/mol. The Morgan fingerprint density at radius 2 is 2.17 bits per heavy atom. The van der Waals surface area contributed by atoms with Crippen molar-refractivity contribution in [3.8, 4) is 6.07 Å². The van der Waals surface area contributed by atoms with E-state index in [2.05, 4.69) is 0 Å². The van der Waals surface area contributed by atoms with Gasteiger partial charge in [0.05, 0.1) is 23.2 Å². The Bertz CT molecular complexity index is 521. The van der Waals surface area contributed by atoms with E-state index < -0.39 is 16.3 Å². The quantitative estimate of drug-likeness (QED) is 0.461. The molecule has 0 saturated carbocycles. The molecule has 0 aliphatic carbocycles. The van der Waals surface area contributed by atoms with Gasteiger partial charge in [-0.2, -0.15) is 5.26 Å². The van der Waals surface area contributed by atoms with Crippen LogP contribution in [0.2, 0.25) is 0 Å². The van der Waals surface area contributed by atoms with Crippen molar-refractivity contribution in [2.24, 2.45) is 0 Å². The molecule has 1 aromatic rings. The zero-order chi connectivity index (χ0) is 13.8. The van der Waals surface area contributed by atoms with Crippen molar-refractivity contribution >= 4 is 11.7 Å². The van der Waals surface area contributed by atoms with E-state index in [4.69, 9.17) is 10.00 Å². The molecule has 0 aliphatic rings. The SMILES string of the molecule is CCOC(=O)[C@](C)(C#N)c1ccccc1[N+](=O)[O-]. The van der Waals surface area contributed by atoms with Gasteiger partial charge < -0.3 is 4.74 Å². The van der Waals surface area contributed by atoms with Crippen LogP contribution in [0, 0.1) is 21.4 Å². The molecule has 1 rings (SSSR count). The number of nitrogens with zero attached hydrogens (tertiary/aromatic N) is 2. The van der Waals surface area contributed by atoms with Crippen LogP contribution in [-0.4, -0.2) is 17.5 Å². The second kappa shape index (κ2) is 5.27. The molecule has 0 amide bonds. The number of nitriles is 1. The number of carbonyl (C=O) groups excluding carboxylic acids is 1. The van der Waals surface area contributed by atoms with Gasteiger partial charge >= 0.3 is 5.97 Å². The molecule has 0 N–H and O–H groups in total. The Kier molecular flexibility index (Phi) is 4.00. The Balaban J connectivity index is 3.38. The lowest BCUT2D eigenvalue weighted by Gasteiger charge is -2.19. The van der Waals surface area contributed by atoms with Gasteiger partial charge in [-0.3, -0.25) is 10.1 Å². The first-order valence-electron chi connectivity index (χ1n) is 5.29. The van der Waals surface area contributed by atoms with Crippen molar-refractivity contribution in [3.05, 3.63) is 39.9 Å². The van der Waals surface area contributed by atoms with Gasteiger partial charge in [-0.1, -0.05) is 12.1 Å². The van der Waals surface area contributed by atoms with E-state index in [0.29, 0.717) is 0 Å². The fraction of sp³-hybridized carbons (Fsp3) is 0.333. The summed E-state index contributed by atoms with van der Waals surface area (Å²) in [5.41, 5.74) is -1.91. The third kappa shape index (κ3) is 2.30. The van der Waals surface area contributed by atoms with Crippen LogP contribution in [0.4, 0.5) is 5.69 Å². The van der Waals surface area contributed by atoms with E-state index in [-0.39, 0.29) is 17.9 Å². The summed E-state index contributed by atoms with van der Waals surface area (Å²) in [5, 5.41) is 20.1. The van der Waals surface area contributed by atoms with E-state index in [0.717, 1.165) is 0 Å². The molecule has 0 unspecified atom stereocenters. The molecule has 94 valence electrons. The van der Waals surface area contributed by atoms with Crippen molar-refractivity contribution in [1.82, 2.24) is 0 Å². The second-order valence-electron chi connectivity index (χ2n) is 3.73. The first-order valence-corrected chi connectivity index (χ1v) is 5.29. The first kappa shape index (κ1) is 13.6. The lowest BCUT2D eigenvalue weighted by molar-refractivity contribution is -0.385. The molecule has 0 radical (unpaired) electrons. The number of benzene rings is 1. The monoisotopic (exact) mass is 248 g/mol. The third-order valence-corrected chi connectivity index (χ3v) is 2.55. The van der Waals surface area contributed by atoms with Crippen LogP contribution in [0.15, 0.2) is 24.3 Å². The lowest BCUT2D eigenvalue weighted by Crippen LogP contribution is -2.33. The summed E-state index contributed by atoms with van der Waals surface area (Å²) < 4.78 is 4.80. The highest BCUT2D eigenvalue weighted by molar-refractivity contribution is 5.87. The Morgan fingerprint density at radius 1 is 1.56 bits per heavy atom. The fourth-order valence-electron chi connectivity index (χ4n) is 1.55. The second-order valence-corrected chi connectivity index (χ2v) is 3.73. The molecule has 0 saturated heterocycles. The van der Waals surface area contributed by atoms with Gasteiger partial charge in [-0.25, -0.2) is 4.79 Å². The van der Waals surface area contributed by atoms with Crippen LogP contribution >= 0.6 is 0 Å². The Labute approximate surface area is 104 Å². The molecule has 0 aliphatic heterocycles. The van der Waals surface area contributed by atoms with Crippen LogP contribution in [-0.2, 0) is 14.9 Å². The number of esters is 1. The number of carbonyl (C=O) groups is 1. The maximum absolute atomic E-state index is 11.8. The Hall–Kier alpha value is -2.42. The first-order chi connectivity index (χ1) is 8.47. The minimum absolute atomic E-state index is 0.0379. The van der Waals surface area contributed by atoms with E-state index >= 15 is 0 Å². The zero-order valence-electron chi connectivity index (χ0n) is 10.0. The smallest absolute Gasteiger partial charge is 0.331 e. The van der Waals surface area contributed by atoms with Crippen molar-refractivity contribution in [2.45, 2.75) is 19.3 Å². The van der Waals surface area contributed by atoms with E-state index in [9.17, 15) is 14.9 Å². The van der Waals surface area contributed by atoms with Gasteiger partial charge in [0, 0.05) is 6.07 Å². The highest BCUT2D eigenvalue weighted by atomic mass is 16.6. The molecule has 6 heteroatoms. The molecular weight excluding hydrogens is 236 g/mol. The fourth-order valence-corrected chi connectivity index (χ4v) is 1.55. The molecule has 0 aromatic heterocycles. The van der Waals surface area contributed by atoms with E-state index in [1.807, 2.05) is 0 Å². The summed E-state index contributed by atoms with van der Waals surface area (Å²) in [5.74, 6) is -0.790. The van der Waals surface area contributed by atoms with E-state index in [1.54, 1.807) is 13.0 Å². The largest absolute Gasteiger partial charge is 0.465 e. The summed E-state index contributed by atoms with van der Waals surface area (Å²) in [6.07, 6.45) is 0. The molecule has 0 heterocycles. The van der Waals surface area contributed by atoms with Gasteiger partial charge in [0.25, 0.3) is 5.69 Å². The number of para-hydroxylation sites is 1. The highest BCUT2D eigenvalue weighted by Gasteiger charge is 2.41. The number of rotatable bonds is 4. The van der Waals surface area contributed by atoms with Crippen molar-refractivity contribution in [2.75, 3.05) is 6.61 Å². The van der Waals surface area contributed by atoms with Crippen LogP contribution in [0.3, 0.4) is 0 Å². The summed E-state index contributed by atoms with van der Waals surface area (Å²) in [4.78, 5) is 22.1. The normalized spacial score (nSPS) is 13.2. The van der Waals surface area contributed by atoms with Crippen LogP contribution in [0.5, 0.6) is 0 Å². The van der Waals surface area contributed by atoms with Gasteiger partial charge in [0.15, 0.2) is 5.41 Å². The van der Waals surface area contributed by atoms with Gasteiger partial charge in [-0.05, 0) is 19.9 Å². The molecule has 6 nitrogen and oxygen atoms in total. The van der Waals surface area contributed by atoms with Gasteiger partial charge in [-0.15, -0.1) is 0 Å². The Morgan fingerprint density at radius 3 is 2.67 bits per heavy atom. The number of nitro groups is 1.